The number of nitrogens with one attached hydrogen (secondary N) is 1. The van der Waals surface area contributed by atoms with Gasteiger partial charge in [-0.05, 0) is 36.8 Å². The molecule has 0 aliphatic heterocycles. The minimum Gasteiger partial charge on any atom is -0.497 e. The second-order valence-electron chi connectivity index (χ2n) is 7.58. The van der Waals surface area contributed by atoms with Gasteiger partial charge in [-0.1, -0.05) is 19.4 Å². The molecule has 3 aromatic rings. The average Bonchev–Trinajstić information content (AvgIpc) is 2.89. The fourth-order valence-electron chi connectivity index (χ4n) is 3.18. The molecule has 0 fully saturated rings. The van der Waals surface area contributed by atoms with Crippen molar-refractivity contribution in [3.63, 3.8) is 0 Å². The van der Waals surface area contributed by atoms with Crippen LogP contribution in [-0.4, -0.2) is 36.1 Å². The minimum absolute atomic E-state index is 0.0595. The minimum atomic E-state index is -0.292. The Balaban J connectivity index is 1.66. The van der Waals surface area contributed by atoms with Gasteiger partial charge in [0.2, 0.25) is 0 Å². The molecule has 0 saturated carbocycles. The third-order valence-corrected chi connectivity index (χ3v) is 6.12. The highest BCUT2D eigenvalue weighted by atomic mass is 32.2. The largest absolute Gasteiger partial charge is 0.497 e. The predicted molar refractivity (Wildman–Crippen MR) is 135 cm³/mol. The lowest BCUT2D eigenvalue weighted by molar-refractivity contribution is -0.145. The lowest BCUT2D eigenvalue weighted by atomic mass is 10.2. The van der Waals surface area contributed by atoms with Crippen molar-refractivity contribution in [2.24, 2.45) is 0 Å². The first-order chi connectivity index (χ1) is 17.0. The number of amides is 1. The van der Waals surface area contributed by atoms with Crippen LogP contribution in [0.15, 0.2) is 59.9 Å². The Morgan fingerprint density at radius 2 is 1.89 bits per heavy atom. The first kappa shape index (κ1) is 26.0. The lowest BCUT2D eigenvalue weighted by Crippen LogP contribution is -2.14. The fourth-order valence-corrected chi connectivity index (χ4v) is 4.16. The summed E-state index contributed by atoms with van der Waals surface area (Å²) in [6, 6.07) is 12.5. The summed E-state index contributed by atoms with van der Waals surface area (Å²) < 4.78 is 16.0. The monoisotopic (exact) mass is 495 g/mol. The topological polar surface area (TPSA) is 99.6 Å². The SMILES string of the molecule is CCCCC(=O)OCc1cc(NC(=O)c2cccnc2SCc2ccc(OC)cc2OC)ccn1. The third kappa shape index (κ3) is 7.71. The number of thioether (sulfide) groups is 1. The van der Waals surface area contributed by atoms with Crippen molar-refractivity contribution in [3.8, 4) is 11.5 Å². The van der Waals surface area contributed by atoms with E-state index < -0.39 is 0 Å². The van der Waals surface area contributed by atoms with E-state index >= 15 is 0 Å². The van der Waals surface area contributed by atoms with Crippen molar-refractivity contribution in [2.75, 3.05) is 19.5 Å². The Morgan fingerprint density at radius 1 is 1.03 bits per heavy atom. The smallest absolute Gasteiger partial charge is 0.306 e. The number of unbranched alkanes of at least 4 members (excludes halogenated alkanes) is 1. The van der Waals surface area contributed by atoms with Crippen LogP contribution in [-0.2, 0) is 21.9 Å². The number of esters is 1. The van der Waals surface area contributed by atoms with E-state index in [9.17, 15) is 9.59 Å². The normalized spacial score (nSPS) is 10.5. The van der Waals surface area contributed by atoms with Crippen molar-refractivity contribution in [2.45, 2.75) is 43.6 Å². The van der Waals surface area contributed by atoms with E-state index in [2.05, 4.69) is 15.3 Å². The molecule has 2 heterocycles. The number of carbonyl (C=O) groups excluding carboxylic acids is 2. The zero-order chi connectivity index (χ0) is 25.0. The molecule has 3 rings (SSSR count). The van der Waals surface area contributed by atoms with Gasteiger partial charge in [0, 0.05) is 41.9 Å². The highest BCUT2D eigenvalue weighted by Crippen LogP contribution is 2.31. The molecule has 0 radical (unpaired) electrons. The van der Waals surface area contributed by atoms with Crippen LogP contribution in [0.4, 0.5) is 5.69 Å². The van der Waals surface area contributed by atoms with E-state index in [1.807, 2.05) is 25.1 Å². The second kappa shape index (κ2) is 13.3. The van der Waals surface area contributed by atoms with Gasteiger partial charge in [-0.3, -0.25) is 14.6 Å². The molecule has 0 atom stereocenters. The van der Waals surface area contributed by atoms with Crippen LogP contribution in [0.3, 0.4) is 0 Å². The first-order valence-corrected chi connectivity index (χ1v) is 12.2. The maximum Gasteiger partial charge on any atom is 0.306 e. The molecule has 0 bridgehead atoms. The number of rotatable bonds is 12. The molecule has 0 spiro atoms. The average molecular weight is 496 g/mol. The lowest BCUT2D eigenvalue weighted by Gasteiger charge is -2.12. The Labute approximate surface area is 209 Å². The molecule has 8 nitrogen and oxygen atoms in total. The molecular weight excluding hydrogens is 466 g/mol. The summed E-state index contributed by atoms with van der Waals surface area (Å²) in [6.45, 7) is 2.08. The Kier molecular flexibility index (Phi) is 9.92. The summed E-state index contributed by atoms with van der Waals surface area (Å²) in [7, 11) is 3.21. The number of hydrogen-bond donors (Lipinski definition) is 1. The standard InChI is InChI=1S/C26H29N3O5S/c1-4-5-8-24(30)34-16-20-14-19(11-13-27-20)29-25(31)22-7-6-12-28-26(22)35-17-18-9-10-21(32-2)15-23(18)33-3/h6-7,9-15H,4-5,8,16-17H2,1-3H3,(H,27,29,31). The van der Waals surface area contributed by atoms with Gasteiger partial charge < -0.3 is 19.5 Å². The molecule has 2 aromatic heterocycles. The van der Waals surface area contributed by atoms with Crippen molar-refractivity contribution < 1.29 is 23.8 Å². The van der Waals surface area contributed by atoms with Crippen molar-refractivity contribution in [1.82, 2.24) is 9.97 Å². The maximum atomic E-state index is 13.0. The van der Waals surface area contributed by atoms with Crippen molar-refractivity contribution >= 4 is 29.3 Å². The number of hydrogen-bond acceptors (Lipinski definition) is 8. The number of methoxy groups -OCH3 is 2. The fraction of sp³-hybridized carbons (Fsp3) is 0.308. The highest BCUT2D eigenvalue weighted by Gasteiger charge is 2.15. The predicted octanol–water partition coefficient (Wildman–Crippen LogP) is 5.27. The van der Waals surface area contributed by atoms with E-state index in [1.54, 1.807) is 50.9 Å². The van der Waals surface area contributed by atoms with Crippen LogP contribution < -0.4 is 14.8 Å². The van der Waals surface area contributed by atoms with Gasteiger partial charge in [0.05, 0.1) is 25.5 Å². The van der Waals surface area contributed by atoms with E-state index in [0.717, 1.165) is 18.4 Å². The Morgan fingerprint density at radius 3 is 2.66 bits per heavy atom. The second-order valence-corrected chi connectivity index (χ2v) is 8.54. The highest BCUT2D eigenvalue weighted by molar-refractivity contribution is 7.98. The van der Waals surface area contributed by atoms with E-state index in [1.165, 1.54) is 11.8 Å². The molecule has 1 aromatic carbocycles. The summed E-state index contributed by atoms with van der Waals surface area (Å²) >= 11 is 1.44. The molecule has 0 aliphatic rings. The van der Waals surface area contributed by atoms with Crippen molar-refractivity contribution in [3.05, 3.63) is 71.7 Å². The Hall–Kier alpha value is -3.59. The molecule has 1 amide bonds. The van der Waals surface area contributed by atoms with Crippen LogP contribution in [0.1, 0.15) is 47.8 Å². The van der Waals surface area contributed by atoms with Gasteiger partial charge >= 0.3 is 5.97 Å². The van der Waals surface area contributed by atoms with Gasteiger partial charge in [-0.25, -0.2) is 4.98 Å². The van der Waals surface area contributed by atoms with Crippen molar-refractivity contribution in [1.29, 1.82) is 0 Å². The van der Waals surface area contributed by atoms with Gasteiger partial charge in [0.1, 0.15) is 23.1 Å². The molecule has 35 heavy (non-hydrogen) atoms. The summed E-state index contributed by atoms with van der Waals surface area (Å²) in [5.74, 6) is 1.43. The van der Waals surface area contributed by atoms with E-state index in [4.69, 9.17) is 14.2 Å². The van der Waals surface area contributed by atoms with Gasteiger partial charge in [0.15, 0.2) is 0 Å². The number of ether oxygens (including phenoxy) is 3. The molecule has 0 unspecified atom stereocenters. The van der Waals surface area contributed by atoms with Crippen LogP contribution in [0, 0.1) is 0 Å². The third-order valence-electron chi connectivity index (χ3n) is 5.06. The van der Waals surface area contributed by atoms with Gasteiger partial charge in [-0.2, -0.15) is 0 Å². The van der Waals surface area contributed by atoms with Crippen LogP contribution >= 0.6 is 11.8 Å². The van der Waals surface area contributed by atoms with Crippen LogP contribution in [0.2, 0.25) is 0 Å². The molecule has 1 N–H and O–H groups in total. The van der Waals surface area contributed by atoms with Gasteiger partial charge in [0.25, 0.3) is 5.91 Å². The molecule has 9 heteroatoms. The number of anilines is 1. The first-order valence-electron chi connectivity index (χ1n) is 11.2. The maximum absolute atomic E-state index is 13.0. The summed E-state index contributed by atoms with van der Waals surface area (Å²) in [5.41, 5.74) is 2.53. The number of nitrogens with zero attached hydrogens (tertiary/aromatic N) is 2. The Bertz CT molecular complexity index is 1160. The summed E-state index contributed by atoms with van der Waals surface area (Å²) in [5, 5.41) is 3.48. The molecule has 0 aliphatic carbocycles. The summed E-state index contributed by atoms with van der Waals surface area (Å²) in [4.78, 5) is 33.4. The number of carbonyl (C=O) groups is 2. The van der Waals surface area contributed by atoms with Crippen LogP contribution in [0.5, 0.6) is 11.5 Å². The van der Waals surface area contributed by atoms with Crippen LogP contribution in [0.25, 0.3) is 0 Å². The molecule has 0 saturated heterocycles. The quantitative estimate of drug-likeness (QED) is 0.268. The van der Waals surface area contributed by atoms with Gasteiger partial charge in [-0.15, -0.1) is 11.8 Å². The molecule has 184 valence electrons. The van der Waals surface area contributed by atoms with E-state index in [-0.39, 0.29) is 18.5 Å². The zero-order valence-corrected chi connectivity index (χ0v) is 20.9. The number of benzene rings is 1. The number of aromatic nitrogens is 2. The number of pyridine rings is 2. The van der Waals surface area contributed by atoms with E-state index in [0.29, 0.717) is 45.6 Å². The zero-order valence-electron chi connectivity index (χ0n) is 20.1. The summed E-state index contributed by atoms with van der Waals surface area (Å²) in [6.07, 6.45) is 5.33. The molecular formula is C26H29N3O5S.